The molecule has 0 aliphatic carbocycles. The predicted octanol–water partition coefficient (Wildman–Crippen LogP) is 2.05. The molecule has 1 saturated heterocycles. The van der Waals surface area contributed by atoms with Crippen LogP contribution in [0.25, 0.3) is 0 Å². The number of aromatic hydroxyl groups is 1. The van der Waals surface area contributed by atoms with E-state index in [0.29, 0.717) is 0 Å². The fourth-order valence-corrected chi connectivity index (χ4v) is 4.12. The topological polar surface area (TPSA) is 136 Å². The van der Waals surface area contributed by atoms with Crippen LogP contribution >= 0.6 is 11.6 Å². The molecule has 3 rings (SSSR count). The number of carbonyl (C=O) groups is 1. The van der Waals surface area contributed by atoms with Crippen molar-refractivity contribution in [3.05, 3.63) is 52.3 Å². The van der Waals surface area contributed by atoms with Gasteiger partial charge in [0.2, 0.25) is 0 Å². The molecule has 0 radical (unpaired) electrons. The molecular weight excluding hydrogens is 411 g/mol. The summed E-state index contributed by atoms with van der Waals surface area (Å²) in [6, 6.07) is 5.92. The highest BCUT2D eigenvalue weighted by Gasteiger charge is 2.34. The highest BCUT2D eigenvalue weighted by molar-refractivity contribution is 7.76. The van der Waals surface area contributed by atoms with Crippen LogP contribution in [0.3, 0.4) is 0 Å². The number of phenols is 1. The Bertz CT molecular complexity index is 955. The summed E-state index contributed by atoms with van der Waals surface area (Å²) in [5.74, 6) is -1.31. The number of primary amides is 1. The number of hydrogen-bond acceptors (Lipinski definition) is 5. The van der Waals surface area contributed by atoms with E-state index in [0.717, 1.165) is 9.21 Å². The van der Waals surface area contributed by atoms with Crippen molar-refractivity contribution in [1.29, 1.82) is 0 Å². The molecule has 1 heterocycles. The Kier molecular flexibility index (Phi) is 5.87. The maximum Gasteiger partial charge on any atom is 0.324 e. The summed E-state index contributed by atoms with van der Waals surface area (Å²) in [4.78, 5) is 13.1. The van der Waals surface area contributed by atoms with Crippen molar-refractivity contribution >= 4 is 40.3 Å². The van der Waals surface area contributed by atoms with E-state index in [9.17, 15) is 23.1 Å². The number of phenolic OH excluding ortho intramolecular Hbond substituents is 1. The van der Waals surface area contributed by atoms with Crippen molar-refractivity contribution in [2.75, 3.05) is 18.0 Å². The van der Waals surface area contributed by atoms with Gasteiger partial charge in [0, 0.05) is 53.0 Å². The Morgan fingerprint density at radius 3 is 2.61 bits per heavy atom. The summed E-state index contributed by atoms with van der Waals surface area (Å²) >= 11 is 3.83. The number of anilines is 2. The summed E-state index contributed by atoms with van der Waals surface area (Å²) in [7, 11) is 0. The fraction of sp³-hybridized carbons (Fsp3) is 0.235. The standard InChI is InChI=1S/C17H18ClFN4O4S/c18-11-4-5-14(16(24)15(11)9-7-22(8-9)28(26)27)23(17(21)25)13-3-1-2-12(19)10(13)6-20/h1-5,9,24H,6-8,20H2,(H2,21,25)(H,26,27)/p-1. The Labute approximate surface area is 167 Å². The van der Waals surface area contributed by atoms with E-state index in [1.54, 1.807) is 0 Å². The van der Waals surface area contributed by atoms with Crippen LogP contribution in [0, 0.1) is 5.82 Å². The number of hydrogen-bond donors (Lipinski definition) is 3. The minimum absolute atomic E-state index is 0.00565. The van der Waals surface area contributed by atoms with Crippen molar-refractivity contribution < 1.29 is 23.1 Å². The fourth-order valence-electron chi connectivity index (χ4n) is 3.21. The average molecular weight is 428 g/mol. The lowest BCUT2D eigenvalue weighted by molar-refractivity contribution is 0.251. The number of amides is 2. The van der Waals surface area contributed by atoms with Gasteiger partial charge in [0.15, 0.2) is 0 Å². The molecule has 1 aliphatic rings. The van der Waals surface area contributed by atoms with Crippen molar-refractivity contribution in [2.24, 2.45) is 11.5 Å². The van der Waals surface area contributed by atoms with Crippen molar-refractivity contribution in [3.63, 3.8) is 0 Å². The lowest BCUT2D eigenvalue weighted by atomic mass is 9.92. The maximum atomic E-state index is 14.1. The van der Waals surface area contributed by atoms with Crippen LogP contribution in [-0.4, -0.2) is 37.3 Å². The van der Waals surface area contributed by atoms with Crippen LogP contribution in [0.2, 0.25) is 5.02 Å². The van der Waals surface area contributed by atoms with E-state index in [-0.39, 0.29) is 58.8 Å². The van der Waals surface area contributed by atoms with Crippen LogP contribution in [0.5, 0.6) is 5.75 Å². The van der Waals surface area contributed by atoms with Gasteiger partial charge >= 0.3 is 6.03 Å². The molecule has 2 amide bonds. The zero-order chi connectivity index (χ0) is 20.6. The SMILES string of the molecule is NCc1c(F)cccc1N(C(N)=O)c1ccc(Cl)c(C2CN(S(=O)[O-])C2)c1O. The van der Waals surface area contributed by atoms with Crippen LogP contribution in [0.1, 0.15) is 17.0 Å². The first kappa shape index (κ1) is 20.5. The molecule has 0 spiro atoms. The van der Waals surface area contributed by atoms with E-state index >= 15 is 0 Å². The first-order chi connectivity index (χ1) is 13.3. The number of urea groups is 1. The van der Waals surface area contributed by atoms with E-state index in [4.69, 9.17) is 23.1 Å². The smallest absolute Gasteiger partial charge is 0.324 e. The summed E-state index contributed by atoms with van der Waals surface area (Å²) in [6.45, 7) is 0.0781. The largest absolute Gasteiger partial charge is 0.760 e. The molecule has 8 nitrogen and oxygen atoms in total. The van der Waals surface area contributed by atoms with E-state index in [1.807, 2.05) is 0 Å². The number of halogens is 2. The molecule has 0 saturated carbocycles. The highest BCUT2D eigenvalue weighted by Crippen LogP contribution is 2.45. The van der Waals surface area contributed by atoms with Crippen LogP contribution in [0.4, 0.5) is 20.6 Å². The van der Waals surface area contributed by atoms with Gasteiger partial charge in [0.1, 0.15) is 11.6 Å². The number of carbonyl (C=O) groups excluding carboxylic acids is 1. The average Bonchev–Trinajstić information content (AvgIpc) is 2.58. The molecule has 150 valence electrons. The first-order valence-electron chi connectivity index (χ1n) is 8.19. The molecule has 2 aromatic carbocycles. The van der Waals surface area contributed by atoms with E-state index in [1.165, 1.54) is 30.3 Å². The summed E-state index contributed by atoms with van der Waals surface area (Å²) < 4.78 is 37.3. The molecule has 0 bridgehead atoms. The van der Waals surface area contributed by atoms with Gasteiger partial charge in [-0.3, -0.25) is 9.11 Å². The van der Waals surface area contributed by atoms with Gasteiger partial charge in [0.05, 0.1) is 11.4 Å². The van der Waals surface area contributed by atoms with Crippen LogP contribution < -0.4 is 16.4 Å². The zero-order valence-electron chi connectivity index (χ0n) is 14.5. The van der Waals surface area contributed by atoms with Gasteiger partial charge in [-0.05, 0) is 24.3 Å². The Morgan fingerprint density at radius 1 is 1.36 bits per heavy atom. The molecule has 0 aromatic heterocycles. The molecule has 5 N–H and O–H groups in total. The highest BCUT2D eigenvalue weighted by atomic mass is 35.5. The molecule has 28 heavy (non-hydrogen) atoms. The Morgan fingerprint density at radius 2 is 2.04 bits per heavy atom. The molecule has 1 aliphatic heterocycles. The normalized spacial score (nSPS) is 15.9. The first-order valence-corrected chi connectivity index (χ1v) is 9.60. The lowest BCUT2D eigenvalue weighted by Gasteiger charge is -2.40. The van der Waals surface area contributed by atoms with Crippen molar-refractivity contribution in [3.8, 4) is 5.75 Å². The molecular formula is C17H17ClFN4O4S-. The third-order valence-corrected chi connectivity index (χ3v) is 5.66. The maximum absolute atomic E-state index is 14.1. The van der Waals surface area contributed by atoms with Crippen LogP contribution in [0.15, 0.2) is 30.3 Å². The number of nitrogens with zero attached hydrogens (tertiary/aromatic N) is 2. The summed E-state index contributed by atoms with van der Waals surface area (Å²) in [6.07, 6.45) is 0. The molecule has 11 heteroatoms. The quantitative estimate of drug-likeness (QED) is 0.627. The van der Waals surface area contributed by atoms with Gasteiger partial charge in [-0.2, -0.15) is 0 Å². The second-order valence-electron chi connectivity index (χ2n) is 6.21. The second kappa shape index (κ2) is 8.02. The number of nitrogens with two attached hydrogens (primary N) is 2. The molecule has 1 fully saturated rings. The number of rotatable bonds is 5. The number of benzene rings is 2. The van der Waals surface area contributed by atoms with Gasteiger partial charge in [0.25, 0.3) is 0 Å². The Balaban J connectivity index is 2.09. The zero-order valence-corrected chi connectivity index (χ0v) is 16.0. The third-order valence-electron chi connectivity index (χ3n) is 4.61. The summed E-state index contributed by atoms with van der Waals surface area (Å²) in [5.41, 5.74) is 11.5. The van der Waals surface area contributed by atoms with E-state index < -0.39 is 23.1 Å². The molecule has 1 unspecified atom stereocenters. The van der Waals surface area contributed by atoms with E-state index in [2.05, 4.69) is 0 Å². The third kappa shape index (κ3) is 3.56. The van der Waals surface area contributed by atoms with Crippen molar-refractivity contribution in [1.82, 2.24) is 4.31 Å². The van der Waals surface area contributed by atoms with Gasteiger partial charge in [-0.25, -0.2) is 13.5 Å². The Hall–Kier alpha value is -2.24. The minimum Gasteiger partial charge on any atom is -0.760 e. The van der Waals surface area contributed by atoms with Crippen LogP contribution in [-0.2, 0) is 17.8 Å². The molecule has 1 atom stereocenters. The minimum atomic E-state index is -2.37. The van der Waals surface area contributed by atoms with Gasteiger partial charge < -0.3 is 21.1 Å². The predicted molar refractivity (Wildman–Crippen MR) is 102 cm³/mol. The lowest BCUT2D eigenvalue weighted by Crippen LogP contribution is -2.45. The van der Waals surface area contributed by atoms with Crippen molar-refractivity contribution in [2.45, 2.75) is 12.5 Å². The summed E-state index contributed by atoms with van der Waals surface area (Å²) in [5, 5.41) is 11.0. The van der Waals surface area contributed by atoms with Gasteiger partial charge in [-0.1, -0.05) is 17.7 Å². The second-order valence-corrected chi connectivity index (χ2v) is 7.56. The van der Waals surface area contributed by atoms with Gasteiger partial charge in [-0.15, -0.1) is 0 Å². The molecule has 2 aromatic rings. The monoisotopic (exact) mass is 427 g/mol.